The molecule has 0 aromatic heterocycles. The van der Waals surface area contributed by atoms with Crippen molar-refractivity contribution in [3.05, 3.63) is 23.3 Å². The molecule has 0 aliphatic heterocycles. The van der Waals surface area contributed by atoms with Crippen LogP contribution in [0.3, 0.4) is 0 Å². The van der Waals surface area contributed by atoms with Crippen LogP contribution in [0.4, 0.5) is 0 Å². The van der Waals surface area contributed by atoms with E-state index in [0.29, 0.717) is 0 Å². The summed E-state index contributed by atoms with van der Waals surface area (Å²) in [7, 11) is 0. The van der Waals surface area contributed by atoms with E-state index < -0.39 is 0 Å². The van der Waals surface area contributed by atoms with Crippen molar-refractivity contribution in [2.75, 3.05) is 0 Å². The van der Waals surface area contributed by atoms with Gasteiger partial charge in [0.2, 0.25) is 0 Å². The second-order valence-electron chi connectivity index (χ2n) is 1.96. The van der Waals surface area contributed by atoms with E-state index in [1.807, 2.05) is 0 Å². The van der Waals surface area contributed by atoms with Crippen molar-refractivity contribution in [1.29, 1.82) is 0 Å². The van der Waals surface area contributed by atoms with Crippen LogP contribution >= 0.6 is 0 Å². The number of hydrogen-bond donors (Lipinski definition) is 0. The molecule has 1 aliphatic carbocycles. The normalized spacial score (nSPS) is 16.8. The van der Waals surface area contributed by atoms with Gasteiger partial charge in [0.25, 0.3) is 0 Å². The molecule has 0 amide bonds. The van der Waals surface area contributed by atoms with E-state index in [1.54, 1.807) is 0 Å². The molecule has 0 heterocycles. The minimum Gasteiger partial charge on any atom is -0.253 e. The monoisotopic (exact) mass is 141 g/mol. The number of allylic oxidation sites excluding steroid dienone is 4. The summed E-state index contributed by atoms with van der Waals surface area (Å²) in [6.45, 7) is 4.24. The van der Waals surface area contributed by atoms with Crippen LogP contribution in [-0.2, 0) is 21.7 Å². The fourth-order valence-electron chi connectivity index (χ4n) is 0.634. The zero-order valence-corrected chi connectivity index (χ0v) is 6.85. The molecule has 8 heavy (non-hydrogen) atoms. The van der Waals surface area contributed by atoms with Gasteiger partial charge in [0.15, 0.2) is 0 Å². The first-order valence-electron chi connectivity index (χ1n) is 2.55. The molecule has 0 unspecified atom stereocenters. The van der Waals surface area contributed by atoms with Gasteiger partial charge in [-0.1, -0.05) is 13.3 Å². The molecular weight excluding hydrogens is 132 g/mol. The van der Waals surface area contributed by atoms with Crippen molar-refractivity contribution in [3.63, 3.8) is 0 Å². The summed E-state index contributed by atoms with van der Waals surface area (Å²) in [6.07, 6.45) is 6.31. The summed E-state index contributed by atoms with van der Waals surface area (Å²) in [5.41, 5.74) is 2.78. The minimum atomic E-state index is 0. The zero-order valence-electron chi connectivity index (χ0n) is 5.28. The number of rotatable bonds is 0. The summed E-state index contributed by atoms with van der Waals surface area (Å²) < 4.78 is 0. The Morgan fingerprint density at radius 1 is 1.50 bits per heavy atom. The molecule has 0 saturated carbocycles. The average molecular weight is 141 g/mol. The summed E-state index contributed by atoms with van der Waals surface area (Å²) in [4.78, 5) is 0. The first-order chi connectivity index (χ1) is 3.30. The first kappa shape index (κ1) is 8.19. The van der Waals surface area contributed by atoms with Gasteiger partial charge in [-0.2, -0.15) is 6.08 Å². The fourth-order valence-corrected chi connectivity index (χ4v) is 0.634. The standard InChI is InChI=1S/C7H9.Ti/c1-6-4-3-5-7(6)2;/h3H,4H2,1-2H3;/q-1;. The Kier molecular flexibility index (Phi) is 3.34. The van der Waals surface area contributed by atoms with Gasteiger partial charge in [-0.3, -0.25) is 6.08 Å². The first-order valence-corrected chi connectivity index (χ1v) is 2.55. The maximum atomic E-state index is 3.12. The van der Waals surface area contributed by atoms with Crippen molar-refractivity contribution in [2.45, 2.75) is 20.3 Å². The van der Waals surface area contributed by atoms with Gasteiger partial charge in [-0.05, 0) is 0 Å². The molecule has 0 radical (unpaired) electrons. The van der Waals surface area contributed by atoms with Crippen molar-refractivity contribution in [3.8, 4) is 0 Å². The quantitative estimate of drug-likeness (QED) is 0.358. The molecule has 0 spiro atoms. The van der Waals surface area contributed by atoms with E-state index in [0.717, 1.165) is 6.42 Å². The van der Waals surface area contributed by atoms with Gasteiger partial charge >= 0.3 is 0 Å². The largest absolute Gasteiger partial charge is 0.253 e. The van der Waals surface area contributed by atoms with Crippen LogP contribution < -0.4 is 0 Å². The van der Waals surface area contributed by atoms with E-state index in [1.165, 1.54) is 11.1 Å². The molecule has 0 nitrogen and oxygen atoms in total. The molecule has 0 atom stereocenters. The molecule has 1 aliphatic rings. The van der Waals surface area contributed by atoms with E-state index in [9.17, 15) is 0 Å². The molecule has 42 valence electrons. The molecule has 0 aromatic rings. The molecule has 0 bridgehead atoms. The molecule has 0 fully saturated rings. The Morgan fingerprint density at radius 2 is 2.12 bits per heavy atom. The summed E-state index contributed by atoms with van der Waals surface area (Å²) >= 11 is 0. The maximum Gasteiger partial charge on any atom is 0 e. The third-order valence-corrected chi connectivity index (χ3v) is 1.37. The van der Waals surface area contributed by atoms with Gasteiger partial charge in [0.05, 0.1) is 0 Å². The predicted octanol–water partition coefficient (Wildman–Crippen LogP) is 2.08. The van der Waals surface area contributed by atoms with Gasteiger partial charge in [-0.25, -0.2) is 11.1 Å². The van der Waals surface area contributed by atoms with Crippen molar-refractivity contribution in [2.24, 2.45) is 0 Å². The Bertz CT molecular complexity index is 131. The molecular formula is C7H9Ti-. The number of hydrogen-bond acceptors (Lipinski definition) is 0. The topological polar surface area (TPSA) is 0 Å². The Morgan fingerprint density at radius 3 is 2.25 bits per heavy atom. The molecule has 0 N–H and O–H groups in total. The summed E-state index contributed by atoms with van der Waals surface area (Å²) in [5, 5.41) is 0. The van der Waals surface area contributed by atoms with E-state index >= 15 is 0 Å². The van der Waals surface area contributed by atoms with E-state index in [4.69, 9.17) is 0 Å². The van der Waals surface area contributed by atoms with E-state index in [-0.39, 0.29) is 21.7 Å². The molecule has 1 rings (SSSR count). The zero-order chi connectivity index (χ0) is 5.28. The molecule has 0 saturated heterocycles. The second-order valence-corrected chi connectivity index (χ2v) is 1.96. The van der Waals surface area contributed by atoms with Crippen molar-refractivity contribution >= 4 is 0 Å². The van der Waals surface area contributed by atoms with Gasteiger partial charge in [0.1, 0.15) is 0 Å². The summed E-state index contributed by atoms with van der Waals surface area (Å²) in [6, 6.07) is 0. The molecule has 0 aromatic carbocycles. The van der Waals surface area contributed by atoms with Crippen LogP contribution in [0.5, 0.6) is 0 Å². The third-order valence-electron chi connectivity index (χ3n) is 1.37. The van der Waals surface area contributed by atoms with E-state index in [2.05, 4.69) is 26.0 Å². The van der Waals surface area contributed by atoms with Crippen LogP contribution in [0.1, 0.15) is 20.3 Å². The smallest absolute Gasteiger partial charge is 0 e. The predicted molar refractivity (Wildman–Crippen MR) is 30.8 cm³/mol. The van der Waals surface area contributed by atoms with Crippen LogP contribution in [0.25, 0.3) is 0 Å². The minimum absolute atomic E-state index is 0. The second kappa shape index (κ2) is 3.27. The maximum absolute atomic E-state index is 3.12. The van der Waals surface area contributed by atoms with Gasteiger partial charge in [0, 0.05) is 21.7 Å². The van der Waals surface area contributed by atoms with Crippen molar-refractivity contribution in [1.82, 2.24) is 0 Å². The SMILES string of the molecule is CC1=C(C)CC=[C-]1.[Ti]. The Balaban J connectivity index is 0.000000490. The van der Waals surface area contributed by atoms with Gasteiger partial charge in [-0.15, -0.1) is 6.92 Å². The van der Waals surface area contributed by atoms with Gasteiger partial charge < -0.3 is 0 Å². The van der Waals surface area contributed by atoms with Crippen LogP contribution in [-0.4, -0.2) is 0 Å². The van der Waals surface area contributed by atoms with Crippen LogP contribution in [0.2, 0.25) is 0 Å². The van der Waals surface area contributed by atoms with Crippen molar-refractivity contribution < 1.29 is 21.7 Å². The van der Waals surface area contributed by atoms with Crippen LogP contribution in [0.15, 0.2) is 17.2 Å². The summed E-state index contributed by atoms with van der Waals surface area (Å²) in [5.74, 6) is 0. The Labute approximate surface area is 65.6 Å². The fraction of sp³-hybridized carbons (Fsp3) is 0.429. The average Bonchev–Trinajstić information content (AvgIpc) is 1.91. The Hall–Kier alpha value is 0.194. The van der Waals surface area contributed by atoms with Crippen LogP contribution in [0, 0.1) is 6.08 Å². The third kappa shape index (κ3) is 1.61. The molecule has 1 heteroatoms.